The van der Waals surface area contributed by atoms with Crippen molar-refractivity contribution in [1.82, 2.24) is 14.8 Å². The summed E-state index contributed by atoms with van der Waals surface area (Å²) in [5.74, 6) is 0. The van der Waals surface area contributed by atoms with Gasteiger partial charge in [-0.1, -0.05) is 0 Å². The molecule has 0 atom stereocenters. The van der Waals surface area contributed by atoms with Crippen molar-refractivity contribution in [3.63, 3.8) is 0 Å². The monoisotopic (exact) mass is 260 g/mol. The SMILES string of the molecule is CCNc1ccnc(CN2CCN(C3CC3)CC2)c1. The van der Waals surface area contributed by atoms with Crippen molar-refractivity contribution >= 4 is 5.69 Å². The molecule has 1 aliphatic carbocycles. The zero-order valence-corrected chi connectivity index (χ0v) is 11.8. The molecule has 1 aromatic heterocycles. The van der Waals surface area contributed by atoms with Crippen molar-refractivity contribution in [3.8, 4) is 0 Å². The van der Waals surface area contributed by atoms with Crippen molar-refractivity contribution < 1.29 is 0 Å². The Labute approximate surface area is 115 Å². The van der Waals surface area contributed by atoms with Crippen LogP contribution in [0.1, 0.15) is 25.5 Å². The average molecular weight is 260 g/mol. The molecule has 3 rings (SSSR count). The van der Waals surface area contributed by atoms with Gasteiger partial charge in [0.1, 0.15) is 0 Å². The van der Waals surface area contributed by atoms with Crippen LogP contribution in [0.3, 0.4) is 0 Å². The summed E-state index contributed by atoms with van der Waals surface area (Å²) in [6.45, 7) is 8.90. The molecule has 0 bridgehead atoms. The van der Waals surface area contributed by atoms with E-state index in [-0.39, 0.29) is 0 Å². The van der Waals surface area contributed by atoms with Crippen LogP contribution < -0.4 is 5.32 Å². The highest BCUT2D eigenvalue weighted by atomic mass is 15.3. The van der Waals surface area contributed by atoms with Crippen LogP contribution in [0.15, 0.2) is 18.3 Å². The van der Waals surface area contributed by atoms with Crippen LogP contribution in [-0.2, 0) is 6.54 Å². The van der Waals surface area contributed by atoms with Gasteiger partial charge >= 0.3 is 0 Å². The fourth-order valence-corrected chi connectivity index (χ4v) is 2.83. The fourth-order valence-electron chi connectivity index (χ4n) is 2.83. The Kier molecular flexibility index (Phi) is 3.99. The zero-order chi connectivity index (χ0) is 13.1. The van der Waals surface area contributed by atoms with Crippen LogP contribution in [0.25, 0.3) is 0 Å². The van der Waals surface area contributed by atoms with Crippen molar-refractivity contribution in [2.75, 3.05) is 38.0 Å². The molecule has 0 amide bonds. The molecule has 2 heterocycles. The topological polar surface area (TPSA) is 31.4 Å². The minimum Gasteiger partial charge on any atom is -0.385 e. The highest BCUT2D eigenvalue weighted by Gasteiger charge is 2.31. The van der Waals surface area contributed by atoms with E-state index in [1.165, 1.54) is 50.4 Å². The lowest BCUT2D eigenvalue weighted by Crippen LogP contribution is -2.46. The first kappa shape index (κ1) is 12.9. The van der Waals surface area contributed by atoms with E-state index >= 15 is 0 Å². The lowest BCUT2D eigenvalue weighted by atomic mass is 10.2. The molecule has 104 valence electrons. The lowest BCUT2D eigenvalue weighted by Gasteiger charge is -2.34. The molecule has 1 aliphatic heterocycles. The predicted molar refractivity (Wildman–Crippen MR) is 78.3 cm³/mol. The average Bonchev–Trinajstić information content (AvgIpc) is 3.25. The van der Waals surface area contributed by atoms with Crippen LogP contribution in [0.5, 0.6) is 0 Å². The largest absolute Gasteiger partial charge is 0.385 e. The second-order valence-corrected chi connectivity index (χ2v) is 5.61. The maximum Gasteiger partial charge on any atom is 0.0564 e. The first-order valence-electron chi connectivity index (χ1n) is 7.50. The second kappa shape index (κ2) is 5.88. The van der Waals surface area contributed by atoms with Crippen molar-refractivity contribution in [2.24, 2.45) is 0 Å². The van der Waals surface area contributed by atoms with Crippen molar-refractivity contribution in [2.45, 2.75) is 32.4 Å². The standard InChI is InChI=1S/C15H24N4/c1-2-16-13-5-6-17-14(11-13)12-18-7-9-19(10-8-18)15-3-4-15/h5-6,11,15H,2-4,7-10,12H2,1H3,(H,16,17). The van der Waals surface area contributed by atoms with Gasteiger partial charge in [-0.2, -0.15) is 0 Å². The van der Waals surface area contributed by atoms with Crippen LogP contribution in [0.4, 0.5) is 5.69 Å². The molecular formula is C15H24N4. The molecule has 0 radical (unpaired) electrons. The molecule has 1 aromatic rings. The number of pyridine rings is 1. The molecule has 0 spiro atoms. The van der Waals surface area contributed by atoms with Gasteiger partial charge in [0.25, 0.3) is 0 Å². The molecule has 2 fully saturated rings. The summed E-state index contributed by atoms with van der Waals surface area (Å²) < 4.78 is 0. The minimum atomic E-state index is 0.914. The predicted octanol–water partition coefficient (Wildman–Crippen LogP) is 1.79. The lowest BCUT2D eigenvalue weighted by molar-refractivity contribution is 0.120. The first-order chi connectivity index (χ1) is 9.35. The number of hydrogen-bond acceptors (Lipinski definition) is 4. The third kappa shape index (κ3) is 3.45. The van der Waals surface area contributed by atoms with Gasteiger partial charge in [-0.15, -0.1) is 0 Å². The summed E-state index contributed by atoms with van der Waals surface area (Å²) in [5.41, 5.74) is 2.36. The van der Waals surface area contributed by atoms with E-state index < -0.39 is 0 Å². The van der Waals surface area contributed by atoms with Gasteiger partial charge in [0.05, 0.1) is 5.69 Å². The second-order valence-electron chi connectivity index (χ2n) is 5.61. The summed E-state index contributed by atoms with van der Waals surface area (Å²) >= 11 is 0. The third-order valence-electron chi connectivity index (χ3n) is 4.05. The number of nitrogens with zero attached hydrogens (tertiary/aromatic N) is 3. The molecule has 1 N–H and O–H groups in total. The van der Waals surface area contributed by atoms with Gasteiger partial charge < -0.3 is 5.32 Å². The molecule has 19 heavy (non-hydrogen) atoms. The van der Waals surface area contributed by atoms with Crippen molar-refractivity contribution in [3.05, 3.63) is 24.0 Å². The van der Waals surface area contributed by atoms with E-state index in [4.69, 9.17) is 0 Å². The van der Waals surface area contributed by atoms with Gasteiger partial charge in [0.2, 0.25) is 0 Å². The van der Waals surface area contributed by atoms with Gasteiger partial charge in [0, 0.05) is 57.2 Å². The summed E-state index contributed by atoms with van der Waals surface area (Å²) in [7, 11) is 0. The van der Waals surface area contributed by atoms with E-state index in [2.05, 4.69) is 33.1 Å². The number of piperazine rings is 1. The number of aromatic nitrogens is 1. The van der Waals surface area contributed by atoms with Crippen LogP contribution >= 0.6 is 0 Å². The smallest absolute Gasteiger partial charge is 0.0564 e. The van der Waals surface area contributed by atoms with Crippen LogP contribution in [0.2, 0.25) is 0 Å². The van der Waals surface area contributed by atoms with Gasteiger partial charge in [-0.25, -0.2) is 0 Å². The molecule has 0 aromatic carbocycles. The quantitative estimate of drug-likeness (QED) is 0.874. The summed E-state index contributed by atoms with van der Waals surface area (Å²) in [5, 5.41) is 3.35. The Hall–Kier alpha value is -1.13. The first-order valence-corrected chi connectivity index (χ1v) is 7.50. The maximum absolute atomic E-state index is 4.49. The van der Waals surface area contributed by atoms with E-state index in [0.29, 0.717) is 0 Å². The van der Waals surface area contributed by atoms with Crippen molar-refractivity contribution in [1.29, 1.82) is 0 Å². The summed E-state index contributed by atoms with van der Waals surface area (Å²) in [6.07, 6.45) is 4.76. The normalized spacial score (nSPS) is 21.5. The van der Waals surface area contributed by atoms with Crippen LogP contribution in [0, 0.1) is 0 Å². The van der Waals surface area contributed by atoms with E-state index in [1.807, 2.05) is 12.3 Å². The van der Waals surface area contributed by atoms with E-state index in [1.54, 1.807) is 0 Å². The third-order valence-corrected chi connectivity index (χ3v) is 4.05. The van der Waals surface area contributed by atoms with Gasteiger partial charge in [0.15, 0.2) is 0 Å². The van der Waals surface area contributed by atoms with Gasteiger partial charge in [-0.05, 0) is 31.9 Å². The Morgan fingerprint density at radius 2 is 2.05 bits per heavy atom. The van der Waals surface area contributed by atoms with E-state index in [9.17, 15) is 0 Å². The highest BCUT2D eigenvalue weighted by Crippen LogP contribution is 2.27. The molecule has 1 saturated carbocycles. The highest BCUT2D eigenvalue weighted by molar-refractivity contribution is 5.42. The summed E-state index contributed by atoms with van der Waals surface area (Å²) in [6, 6.07) is 5.13. The number of nitrogens with one attached hydrogen (secondary N) is 1. The zero-order valence-electron chi connectivity index (χ0n) is 11.8. The summed E-state index contributed by atoms with van der Waals surface area (Å²) in [4.78, 5) is 9.66. The molecule has 2 aliphatic rings. The Morgan fingerprint density at radius 3 is 2.74 bits per heavy atom. The fraction of sp³-hybridized carbons (Fsp3) is 0.667. The molecular weight excluding hydrogens is 236 g/mol. The number of rotatable bonds is 5. The number of anilines is 1. The Bertz CT molecular complexity index is 408. The molecule has 4 heteroatoms. The van der Waals surface area contributed by atoms with Crippen LogP contribution in [-0.4, -0.2) is 53.5 Å². The molecule has 4 nitrogen and oxygen atoms in total. The van der Waals surface area contributed by atoms with E-state index in [0.717, 1.165) is 19.1 Å². The minimum absolute atomic E-state index is 0.914. The Morgan fingerprint density at radius 1 is 1.26 bits per heavy atom. The number of hydrogen-bond donors (Lipinski definition) is 1. The van der Waals surface area contributed by atoms with Gasteiger partial charge in [-0.3, -0.25) is 14.8 Å². The molecule has 1 saturated heterocycles. The molecule has 0 unspecified atom stereocenters. The maximum atomic E-state index is 4.49. The Balaban J connectivity index is 1.52.